The number of hydrogen-bond donors (Lipinski definition) is 1. The van der Waals surface area contributed by atoms with Gasteiger partial charge in [-0.3, -0.25) is 9.69 Å². The second-order valence-corrected chi connectivity index (χ2v) is 7.76. The van der Waals surface area contributed by atoms with E-state index in [-0.39, 0.29) is 11.9 Å². The molecule has 2 aliphatic rings. The molecule has 2 aliphatic heterocycles. The van der Waals surface area contributed by atoms with Crippen LogP contribution in [-0.4, -0.2) is 41.5 Å². The third kappa shape index (κ3) is 2.76. The highest BCUT2D eigenvalue weighted by atomic mass is 16.2. The second-order valence-electron chi connectivity index (χ2n) is 7.76. The predicted molar refractivity (Wildman–Crippen MR) is 102 cm³/mol. The zero-order valence-electron chi connectivity index (χ0n) is 15.4. The monoisotopic (exact) mass is 351 g/mol. The van der Waals surface area contributed by atoms with Crippen molar-refractivity contribution in [2.45, 2.75) is 32.2 Å². The van der Waals surface area contributed by atoms with Gasteiger partial charge in [0.2, 0.25) is 0 Å². The number of likely N-dealkylation sites (tertiary alicyclic amines) is 1. The maximum Gasteiger partial charge on any atom is 0.326 e. The zero-order chi connectivity index (χ0) is 18.3. The molecule has 5 heteroatoms. The summed E-state index contributed by atoms with van der Waals surface area (Å²) in [7, 11) is 0. The van der Waals surface area contributed by atoms with Crippen molar-refractivity contribution in [3.8, 4) is 0 Å². The summed E-state index contributed by atoms with van der Waals surface area (Å²) in [5.74, 6) is 0.549. The van der Waals surface area contributed by atoms with Gasteiger partial charge in [-0.05, 0) is 42.0 Å². The smallest absolute Gasteiger partial charge is 0.319 e. The van der Waals surface area contributed by atoms with Crippen LogP contribution in [0.25, 0.3) is 10.8 Å². The first-order valence-corrected chi connectivity index (χ1v) is 9.34. The van der Waals surface area contributed by atoms with E-state index in [1.54, 1.807) is 0 Å². The van der Waals surface area contributed by atoms with Crippen LogP contribution in [0.2, 0.25) is 0 Å². The van der Waals surface area contributed by atoms with E-state index < -0.39 is 5.54 Å². The molecule has 0 radical (unpaired) electrons. The summed E-state index contributed by atoms with van der Waals surface area (Å²) in [6.45, 7) is 6.31. The van der Waals surface area contributed by atoms with Crippen LogP contribution in [0.15, 0.2) is 42.5 Å². The van der Waals surface area contributed by atoms with E-state index in [0.29, 0.717) is 6.67 Å². The molecular formula is C21H25N3O2. The van der Waals surface area contributed by atoms with E-state index in [0.717, 1.165) is 48.2 Å². The van der Waals surface area contributed by atoms with Crippen molar-refractivity contribution in [1.82, 2.24) is 15.1 Å². The number of benzene rings is 2. The number of hydrogen-bond acceptors (Lipinski definition) is 3. The third-order valence-corrected chi connectivity index (χ3v) is 5.82. The number of imide groups is 1. The minimum Gasteiger partial charge on any atom is -0.319 e. The summed E-state index contributed by atoms with van der Waals surface area (Å²) in [5.41, 5.74) is -0.176. The van der Waals surface area contributed by atoms with Crippen molar-refractivity contribution in [2.24, 2.45) is 5.92 Å². The van der Waals surface area contributed by atoms with Crippen molar-refractivity contribution >= 4 is 22.7 Å². The van der Waals surface area contributed by atoms with Gasteiger partial charge >= 0.3 is 6.03 Å². The number of urea groups is 1. The molecule has 2 aromatic carbocycles. The lowest BCUT2D eigenvalue weighted by atomic mass is 9.88. The summed E-state index contributed by atoms with van der Waals surface area (Å²) in [5, 5.41) is 5.01. The topological polar surface area (TPSA) is 52.6 Å². The highest BCUT2D eigenvalue weighted by Gasteiger charge is 2.50. The molecule has 4 rings (SSSR count). The van der Waals surface area contributed by atoms with Crippen LogP contribution in [0.4, 0.5) is 4.79 Å². The number of carbonyl (C=O) groups excluding carboxylic acids is 2. The number of amides is 3. The molecular weight excluding hydrogens is 326 g/mol. The highest BCUT2D eigenvalue weighted by molar-refractivity contribution is 6.09. The van der Waals surface area contributed by atoms with E-state index in [4.69, 9.17) is 0 Å². The van der Waals surface area contributed by atoms with Gasteiger partial charge in [0.15, 0.2) is 0 Å². The van der Waals surface area contributed by atoms with Crippen LogP contribution in [0, 0.1) is 5.92 Å². The molecule has 1 N–H and O–H groups in total. The van der Waals surface area contributed by atoms with Gasteiger partial charge in [-0.2, -0.15) is 0 Å². The predicted octanol–water partition coefficient (Wildman–Crippen LogP) is 3.30. The maximum atomic E-state index is 13.2. The Morgan fingerprint density at radius 2 is 1.77 bits per heavy atom. The average molecular weight is 351 g/mol. The Bertz CT molecular complexity index is 852. The molecule has 0 unspecified atom stereocenters. The van der Waals surface area contributed by atoms with Crippen LogP contribution in [-0.2, 0) is 10.3 Å². The SMILES string of the molecule is CC1CCN(CN2C(=O)N[C@](C)(c3cccc4ccccc34)C2=O)CC1. The fourth-order valence-electron chi connectivity index (χ4n) is 4.07. The molecule has 2 aromatic rings. The summed E-state index contributed by atoms with van der Waals surface area (Å²) >= 11 is 0. The Labute approximate surface area is 154 Å². The number of piperidine rings is 1. The molecule has 0 aliphatic carbocycles. The first-order chi connectivity index (χ1) is 12.5. The Kier molecular flexibility index (Phi) is 4.19. The average Bonchev–Trinajstić information content (AvgIpc) is 2.87. The van der Waals surface area contributed by atoms with Crippen LogP contribution in [0.3, 0.4) is 0 Å². The fraction of sp³-hybridized carbons (Fsp3) is 0.429. The molecule has 5 nitrogen and oxygen atoms in total. The standard InChI is InChI=1S/C21H25N3O2/c1-15-10-12-23(13-11-15)14-24-19(25)21(2,22-20(24)26)18-9-5-7-16-6-3-4-8-17(16)18/h3-9,15H,10-14H2,1-2H3,(H,22,26)/t21-/m1/s1. The number of carbonyl (C=O) groups is 2. The lowest BCUT2D eigenvalue weighted by Gasteiger charge is -2.32. The van der Waals surface area contributed by atoms with Gasteiger partial charge in [-0.1, -0.05) is 49.4 Å². The molecule has 136 valence electrons. The van der Waals surface area contributed by atoms with Gasteiger partial charge in [0.05, 0.1) is 6.67 Å². The van der Waals surface area contributed by atoms with E-state index in [2.05, 4.69) is 17.1 Å². The van der Waals surface area contributed by atoms with Gasteiger partial charge in [0.1, 0.15) is 5.54 Å². The Balaban J connectivity index is 1.63. The van der Waals surface area contributed by atoms with Crippen LogP contribution in [0.5, 0.6) is 0 Å². The fourth-order valence-corrected chi connectivity index (χ4v) is 4.07. The Hall–Kier alpha value is -2.40. The molecule has 0 aromatic heterocycles. The quantitative estimate of drug-likeness (QED) is 0.864. The number of nitrogens with one attached hydrogen (secondary N) is 1. The van der Waals surface area contributed by atoms with Gasteiger partial charge in [0, 0.05) is 13.1 Å². The van der Waals surface area contributed by atoms with Crippen LogP contribution < -0.4 is 5.32 Å². The third-order valence-electron chi connectivity index (χ3n) is 5.82. The Morgan fingerprint density at radius 3 is 2.54 bits per heavy atom. The van der Waals surface area contributed by atoms with Gasteiger partial charge in [-0.15, -0.1) is 0 Å². The van der Waals surface area contributed by atoms with Crippen molar-refractivity contribution in [3.63, 3.8) is 0 Å². The van der Waals surface area contributed by atoms with Crippen molar-refractivity contribution in [3.05, 3.63) is 48.0 Å². The first-order valence-electron chi connectivity index (χ1n) is 9.34. The highest BCUT2D eigenvalue weighted by Crippen LogP contribution is 2.34. The van der Waals surface area contributed by atoms with Crippen LogP contribution in [0.1, 0.15) is 32.3 Å². The molecule has 26 heavy (non-hydrogen) atoms. The summed E-state index contributed by atoms with van der Waals surface area (Å²) < 4.78 is 0. The van der Waals surface area contributed by atoms with E-state index in [1.807, 2.05) is 49.4 Å². The summed E-state index contributed by atoms with van der Waals surface area (Å²) in [6.07, 6.45) is 2.23. The summed E-state index contributed by atoms with van der Waals surface area (Å²) in [4.78, 5) is 29.4. The van der Waals surface area contributed by atoms with Gasteiger partial charge in [0.25, 0.3) is 5.91 Å². The lowest BCUT2D eigenvalue weighted by Crippen LogP contribution is -2.46. The van der Waals surface area contributed by atoms with Gasteiger partial charge < -0.3 is 5.32 Å². The number of rotatable bonds is 3. The second kappa shape index (κ2) is 6.40. The van der Waals surface area contributed by atoms with Crippen molar-refractivity contribution in [1.29, 1.82) is 0 Å². The molecule has 0 bridgehead atoms. The molecule has 2 saturated heterocycles. The van der Waals surface area contributed by atoms with Crippen molar-refractivity contribution < 1.29 is 9.59 Å². The summed E-state index contributed by atoms with van der Waals surface area (Å²) in [6, 6.07) is 13.6. The van der Waals surface area contributed by atoms with Crippen molar-refractivity contribution in [2.75, 3.05) is 19.8 Å². The van der Waals surface area contributed by atoms with Crippen LogP contribution >= 0.6 is 0 Å². The minimum atomic E-state index is -1.03. The first kappa shape index (κ1) is 17.0. The maximum absolute atomic E-state index is 13.2. The normalized spacial score (nSPS) is 25.1. The van der Waals surface area contributed by atoms with Gasteiger partial charge in [-0.25, -0.2) is 9.69 Å². The Morgan fingerprint density at radius 1 is 1.08 bits per heavy atom. The largest absolute Gasteiger partial charge is 0.326 e. The van der Waals surface area contributed by atoms with E-state index in [9.17, 15) is 9.59 Å². The zero-order valence-corrected chi connectivity index (χ0v) is 15.4. The molecule has 2 heterocycles. The molecule has 0 spiro atoms. The molecule has 1 atom stereocenters. The van der Waals surface area contributed by atoms with E-state index in [1.165, 1.54) is 4.90 Å². The minimum absolute atomic E-state index is 0.169. The number of fused-ring (bicyclic) bond motifs is 1. The molecule has 2 fully saturated rings. The van der Waals surface area contributed by atoms with E-state index >= 15 is 0 Å². The molecule has 3 amide bonds. The lowest BCUT2D eigenvalue weighted by molar-refractivity contribution is -0.132. The molecule has 0 saturated carbocycles. The number of nitrogens with zero attached hydrogens (tertiary/aromatic N) is 2.